The van der Waals surface area contributed by atoms with Crippen molar-refractivity contribution in [1.29, 1.82) is 0 Å². The highest BCUT2D eigenvalue weighted by atomic mass is 16.3. The molecule has 0 aliphatic rings. The van der Waals surface area contributed by atoms with Gasteiger partial charge in [0, 0.05) is 39.3 Å². The number of hydrogen-bond acceptors (Lipinski definition) is 6. The SMILES string of the molecule is CC(O)CN(CCN(CCO)CCO)CC(C)O. The summed E-state index contributed by atoms with van der Waals surface area (Å²) in [7, 11) is 0. The molecule has 0 saturated carbocycles. The lowest BCUT2D eigenvalue weighted by Gasteiger charge is -2.28. The molecule has 2 unspecified atom stereocenters. The zero-order chi connectivity index (χ0) is 14.0. The molecule has 0 aromatic carbocycles. The summed E-state index contributed by atoms with van der Waals surface area (Å²) in [5, 5.41) is 36.6. The standard InChI is InChI=1S/C12H28N2O4/c1-11(17)9-14(10-12(2)18)4-3-13(5-7-15)6-8-16/h11-12,15-18H,3-10H2,1-2H3. The quantitative estimate of drug-likeness (QED) is 0.357. The molecule has 0 bridgehead atoms. The second-order valence-corrected chi connectivity index (χ2v) is 4.75. The molecule has 0 heterocycles. The maximum Gasteiger partial charge on any atom is 0.0639 e. The van der Waals surface area contributed by atoms with Crippen LogP contribution in [0.3, 0.4) is 0 Å². The number of aliphatic hydroxyl groups is 4. The fourth-order valence-electron chi connectivity index (χ4n) is 1.91. The van der Waals surface area contributed by atoms with E-state index >= 15 is 0 Å². The van der Waals surface area contributed by atoms with Crippen LogP contribution in [0.25, 0.3) is 0 Å². The second-order valence-electron chi connectivity index (χ2n) is 4.75. The highest BCUT2D eigenvalue weighted by Gasteiger charge is 2.12. The number of nitrogens with zero attached hydrogens (tertiary/aromatic N) is 2. The number of hydrogen-bond donors (Lipinski definition) is 4. The van der Waals surface area contributed by atoms with Gasteiger partial charge in [0.2, 0.25) is 0 Å². The summed E-state index contributed by atoms with van der Waals surface area (Å²) in [4.78, 5) is 3.94. The van der Waals surface area contributed by atoms with Gasteiger partial charge in [-0.2, -0.15) is 0 Å². The predicted molar refractivity (Wildman–Crippen MR) is 70.4 cm³/mol. The Balaban J connectivity index is 4.11. The van der Waals surface area contributed by atoms with Gasteiger partial charge in [-0.3, -0.25) is 9.80 Å². The molecule has 0 aliphatic carbocycles. The van der Waals surface area contributed by atoms with Crippen molar-refractivity contribution in [3.8, 4) is 0 Å². The third-order valence-electron chi connectivity index (χ3n) is 2.61. The molecule has 0 aromatic rings. The number of aliphatic hydroxyl groups excluding tert-OH is 4. The smallest absolute Gasteiger partial charge is 0.0639 e. The Hall–Kier alpha value is -0.240. The highest BCUT2D eigenvalue weighted by Crippen LogP contribution is 1.97. The largest absolute Gasteiger partial charge is 0.395 e. The van der Waals surface area contributed by atoms with Crippen LogP contribution >= 0.6 is 0 Å². The van der Waals surface area contributed by atoms with Crippen LogP contribution in [0.2, 0.25) is 0 Å². The maximum absolute atomic E-state index is 9.39. The van der Waals surface area contributed by atoms with E-state index in [-0.39, 0.29) is 13.2 Å². The van der Waals surface area contributed by atoms with E-state index in [0.29, 0.717) is 39.3 Å². The normalized spacial score (nSPS) is 15.3. The van der Waals surface area contributed by atoms with Gasteiger partial charge in [0.05, 0.1) is 25.4 Å². The van der Waals surface area contributed by atoms with Crippen molar-refractivity contribution in [2.45, 2.75) is 26.1 Å². The van der Waals surface area contributed by atoms with Crippen molar-refractivity contribution in [2.24, 2.45) is 0 Å². The average Bonchev–Trinajstić information content (AvgIpc) is 2.24. The first kappa shape index (κ1) is 17.8. The lowest BCUT2D eigenvalue weighted by atomic mass is 10.3. The van der Waals surface area contributed by atoms with Gasteiger partial charge in [-0.15, -0.1) is 0 Å². The van der Waals surface area contributed by atoms with Crippen molar-refractivity contribution in [3.63, 3.8) is 0 Å². The van der Waals surface area contributed by atoms with E-state index in [9.17, 15) is 10.2 Å². The van der Waals surface area contributed by atoms with Gasteiger partial charge in [0.1, 0.15) is 0 Å². The van der Waals surface area contributed by atoms with Crippen LogP contribution < -0.4 is 0 Å². The zero-order valence-electron chi connectivity index (χ0n) is 11.5. The summed E-state index contributed by atoms with van der Waals surface area (Å²) < 4.78 is 0. The summed E-state index contributed by atoms with van der Waals surface area (Å²) in [5.41, 5.74) is 0. The van der Waals surface area contributed by atoms with Crippen molar-refractivity contribution in [3.05, 3.63) is 0 Å². The monoisotopic (exact) mass is 264 g/mol. The molecule has 2 atom stereocenters. The molecule has 110 valence electrons. The molecule has 18 heavy (non-hydrogen) atoms. The Morgan fingerprint density at radius 1 is 0.722 bits per heavy atom. The van der Waals surface area contributed by atoms with Gasteiger partial charge < -0.3 is 20.4 Å². The fraction of sp³-hybridized carbons (Fsp3) is 1.00. The minimum absolute atomic E-state index is 0.0623. The molecule has 4 N–H and O–H groups in total. The summed E-state index contributed by atoms with van der Waals surface area (Å²) in [6.07, 6.45) is -0.874. The fourth-order valence-corrected chi connectivity index (χ4v) is 1.91. The van der Waals surface area contributed by atoms with Gasteiger partial charge in [-0.1, -0.05) is 0 Å². The van der Waals surface area contributed by atoms with Crippen LogP contribution in [0, 0.1) is 0 Å². The summed E-state index contributed by atoms with van der Waals surface area (Å²) >= 11 is 0. The Morgan fingerprint density at radius 3 is 1.44 bits per heavy atom. The van der Waals surface area contributed by atoms with E-state index in [1.54, 1.807) is 13.8 Å². The minimum atomic E-state index is -0.437. The first-order valence-electron chi connectivity index (χ1n) is 6.52. The van der Waals surface area contributed by atoms with Crippen LogP contribution in [-0.2, 0) is 0 Å². The van der Waals surface area contributed by atoms with Crippen LogP contribution in [0.1, 0.15) is 13.8 Å². The zero-order valence-corrected chi connectivity index (χ0v) is 11.5. The van der Waals surface area contributed by atoms with Gasteiger partial charge in [0.25, 0.3) is 0 Å². The third kappa shape index (κ3) is 9.76. The van der Waals surface area contributed by atoms with Crippen molar-refractivity contribution >= 4 is 0 Å². The van der Waals surface area contributed by atoms with Crippen molar-refractivity contribution in [2.75, 3.05) is 52.5 Å². The molecule has 0 amide bonds. The number of rotatable bonds is 11. The molecule has 0 saturated heterocycles. The molecule has 0 aromatic heterocycles. The molecule has 0 aliphatic heterocycles. The van der Waals surface area contributed by atoms with Crippen LogP contribution in [0.15, 0.2) is 0 Å². The van der Waals surface area contributed by atoms with E-state index < -0.39 is 12.2 Å². The molecule has 0 radical (unpaired) electrons. The van der Waals surface area contributed by atoms with Gasteiger partial charge in [-0.05, 0) is 13.8 Å². The van der Waals surface area contributed by atoms with Crippen LogP contribution in [0.4, 0.5) is 0 Å². The Kier molecular flexibility index (Phi) is 10.5. The summed E-state index contributed by atoms with van der Waals surface area (Å²) in [6.45, 7) is 7.02. The first-order valence-corrected chi connectivity index (χ1v) is 6.52. The average molecular weight is 264 g/mol. The molecule has 0 fully saturated rings. The third-order valence-corrected chi connectivity index (χ3v) is 2.61. The molecular formula is C12H28N2O4. The van der Waals surface area contributed by atoms with E-state index in [0.717, 1.165) is 0 Å². The maximum atomic E-state index is 9.39. The van der Waals surface area contributed by atoms with Gasteiger partial charge in [0.15, 0.2) is 0 Å². The minimum Gasteiger partial charge on any atom is -0.395 e. The molecule has 6 heteroatoms. The molecule has 6 nitrogen and oxygen atoms in total. The Labute approximate surface area is 109 Å². The predicted octanol–water partition coefficient (Wildman–Crippen LogP) is -1.66. The lowest BCUT2D eigenvalue weighted by Crippen LogP contribution is -2.42. The first-order chi connectivity index (χ1) is 8.49. The molecule has 0 spiro atoms. The van der Waals surface area contributed by atoms with Crippen LogP contribution in [-0.4, -0.2) is 94.9 Å². The molecular weight excluding hydrogens is 236 g/mol. The van der Waals surface area contributed by atoms with E-state index in [1.807, 2.05) is 9.80 Å². The van der Waals surface area contributed by atoms with E-state index in [4.69, 9.17) is 10.2 Å². The van der Waals surface area contributed by atoms with Crippen molar-refractivity contribution < 1.29 is 20.4 Å². The topological polar surface area (TPSA) is 87.4 Å². The Bertz CT molecular complexity index is 175. The summed E-state index contributed by atoms with van der Waals surface area (Å²) in [6, 6.07) is 0. The summed E-state index contributed by atoms with van der Waals surface area (Å²) in [5.74, 6) is 0. The van der Waals surface area contributed by atoms with Crippen LogP contribution in [0.5, 0.6) is 0 Å². The lowest BCUT2D eigenvalue weighted by molar-refractivity contribution is 0.0714. The second kappa shape index (κ2) is 10.7. The van der Waals surface area contributed by atoms with E-state index in [1.165, 1.54) is 0 Å². The van der Waals surface area contributed by atoms with Gasteiger partial charge in [-0.25, -0.2) is 0 Å². The van der Waals surface area contributed by atoms with Gasteiger partial charge >= 0.3 is 0 Å². The Morgan fingerprint density at radius 2 is 1.11 bits per heavy atom. The highest BCUT2D eigenvalue weighted by molar-refractivity contribution is 4.67. The molecule has 0 rings (SSSR count). The van der Waals surface area contributed by atoms with E-state index in [2.05, 4.69) is 0 Å². The van der Waals surface area contributed by atoms with Crippen molar-refractivity contribution in [1.82, 2.24) is 9.80 Å².